The predicted octanol–water partition coefficient (Wildman–Crippen LogP) is 3.86. The number of aryl methyl sites for hydroxylation is 2. The van der Waals surface area contributed by atoms with Crippen LogP contribution in [0.4, 0.5) is 11.4 Å². The van der Waals surface area contributed by atoms with Gasteiger partial charge in [0, 0.05) is 11.1 Å². The smallest absolute Gasteiger partial charge is 0.245 e. The maximum absolute atomic E-state index is 12.6. The van der Waals surface area contributed by atoms with Crippen molar-refractivity contribution in [3.05, 3.63) is 71.8 Å². The molecule has 0 heterocycles. The lowest BCUT2D eigenvalue weighted by Gasteiger charge is -2.23. The Bertz CT molecular complexity index is 1100. The van der Waals surface area contributed by atoms with Crippen LogP contribution in [-0.4, -0.2) is 27.1 Å². The number of sulfonamides is 1. The maximum Gasteiger partial charge on any atom is 0.245 e. The number of nitrogens with one attached hydrogen (secondary N) is 1. The predicted molar refractivity (Wildman–Crippen MR) is 111 cm³/mol. The van der Waals surface area contributed by atoms with Gasteiger partial charge in [0.05, 0.1) is 11.9 Å². The molecule has 1 amide bonds. The molecule has 0 saturated carbocycles. The molecule has 0 bridgehead atoms. The van der Waals surface area contributed by atoms with Crippen molar-refractivity contribution in [3.8, 4) is 0 Å². The van der Waals surface area contributed by atoms with Gasteiger partial charge in [-0.2, -0.15) is 0 Å². The number of benzene rings is 3. The summed E-state index contributed by atoms with van der Waals surface area (Å²) in [7, 11) is -3.64. The lowest BCUT2D eigenvalue weighted by molar-refractivity contribution is -0.114. The molecule has 0 aromatic heterocycles. The van der Waals surface area contributed by atoms with Crippen LogP contribution < -0.4 is 9.62 Å². The summed E-state index contributed by atoms with van der Waals surface area (Å²) >= 11 is 0. The number of amides is 1. The number of carbonyl (C=O) groups excluding carboxylic acids is 1. The molecule has 0 unspecified atom stereocenters. The summed E-state index contributed by atoms with van der Waals surface area (Å²) in [6.45, 7) is 3.66. The Kier molecular flexibility index (Phi) is 5.19. The highest BCUT2D eigenvalue weighted by Gasteiger charge is 2.22. The van der Waals surface area contributed by atoms with Gasteiger partial charge in [-0.05, 0) is 48.6 Å². The molecule has 0 fully saturated rings. The van der Waals surface area contributed by atoms with Crippen molar-refractivity contribution in [2.45, 2.75) is 13.8 Å². The van der Waals surface area contributed by atoms with Crippen molar-refractivity contribution in [2.75, 3.05) is 22.4 Å². The second-order valence-electron chi connectivity index (χ2n) is 6.62. The molecule has 27 heavy (non-hydrogen) atoms. The third-order valence-corrected chi connectivity index (χ3v) is 5.64. The average Bonchev–Trinajstić information content (AvgIpc) is 2.61. The molecule has 0 spiro atoms. The summed E-state index contributed by atoms with van der Waals surface area (Å²) < 4.78 is 26.0. The molecule has 3 aromatic rings. The van der Waals surface area contributed by atoms with Gasteiger partial charge in [-0.25, -0.2) is 8.42 Å². The Morgan fingerprint density at radius 1 is 0.963 bits per heavy atom. The van der Waals surface area contributed by atoms with E-state index in [-0.39, 0.29) is 6.54 Å². The first-order valence-electron chi connectivity index (χ1n) is 8.58. The zero-order valence-electron chi connectivity index (χ0n) is 15.6. The maximum atomic E-state index is 12.6. The van der Waals surface area contributed by atoms with E-state index in [9.17, 15) is 13.2 Å². The van der Waals surface area contributed by atoms with Crippen molar-refractivity contribution in [3.63, 3.8) is 0 Å². The van der Waals surface area contributed by atoms with Crippen LogP contribution in [0, 0.1) is 13.8 Å². The molecule has 0 aliphatic heterocycles. The standard InChI is InChI=1S/C21H22N2O3S/c1-15-11-12-18(13-16(15)2)22-21(24)14-23(27(3,25)26)20-10-6-8-17-7-4-5-9-19(17)20/h4-13H,14H2,1-3H3,(H,22,24). The molecule has 5 nitrogen and oxygen atoms in total. The molecule has 0 aliphatic carbocycles. The second-order valence-corrected chi connectivity index (χ2v) is 8.52. The highest BCUT2D eigenvalue weighted by Crippen LogP contribution is 2.28. The lowest BCUT2D eigenvalue weighted by atomic mass is 10.1. The van der Waals surface area contributed by atoms with E-state index in [0.717, 1.165) is 32.5 Å². The third kappa shape index (κ3) is 4.28. The van der Waals surface area contributed by atoms with E-state index >= 15 is 0 Å². The summed E-state index contributed by atoms with van der Waals surface area (Å²) in [6, 6.07) is 18.5. The summed E-state index contributed by atoms with van der Waals surface area (Å²) in [6.07, 6.45) is 1.11. The molecule has 6 heteroatoms. The zero-order valence-corrected chi connectivity index (χ0v) is 16.4. The number of rotatable bonds is 5. The van der Waals surface area contributed by atoms with Crippen molar-refractivity contribution in [1.82, 2.24) is 0 Å². The third-order valence-electron chi connectivity index (χ3n) is 4.51. The Morgan fingerprint density at radius 3 is 2.37 bits per heavy atom. The molecule has 140 valence electrons. The Morgan fingerprint density at radius 2 is 1.67 bits per heavy atom. The minimum absolute atomic E-state index is 0.292. The minimum atomic E-state index is -3.64. The summed E-state index contributed by atoms with van der Waals surface area (Å²) in [5.74, 6) is -0.392. The van der Waals surface area contributed by atoms with E-state index < -0.39 is 15.9 Å². The van der Waals surface area contributed by atoms with E-state index in [1.165, 1.54) is 0 Å². The van der Waals surface area contributed by atoms with Gasteiger partial charge in [0.15, 0.2) is 0 Å². The number of nitrogens with zero attached hydrogens (tertiary/aromatic N) is 1. The zero-order chi connectivity index (χ0) is 19.6. The summed E-state index contributed by atoms with van der Waals surface area (Å²) in [4.78, 5) is 12.6. The van der Waals surface area contributed by atoms with Crippen molar-refractivity contribution in [1.29, 1.82) is 0 Å². The van der Waals surface area contributed by atoms with Crippen LogP contribution in [0.5, 0.6) is 0 Å². The fraction of sp³-hybridized carbons (Fsp3) is 0.190. The van der Waals surface area contributed by atoms with Crippen LogP contribution in [0.25, 0.3) is 10.8 Å². The topological polar surface area (TPSA) is 66.5 Å². The first kappa shape index (κ1) is 18.9. The van der Waals surface area contributed by atoms with E-state index in [1.807, 2.05) is 62.4 Å². The number of fused-ring (bicyclic) bond motifs is 1. The highest BCUT2D eigenvalue weighted by molar-refractivity contribution is 7.92. The molecule has 3 aromatic carbocycles. The van der Waals surface area contributed by atoms with Gasteiger partial charge in [0.25, 0.3) is 0 Å². The first-order chi connectivity index (χ1) is 12.8. The van der Waals surface area contributed by atoms with Crippen LogP contribution >= 0.6 is 0 Å². The molecular weight excluding hydrogens is 360 g/mol. The Labute approximate surface area is 159 Å². The van der Waals surface area contributed by atoms with E-state index in [1.54, 1.807) is 12.1 Å². The SMILES string of the molecule is Cc1ccc(NC(=O)CN(c2cccc3ccccc23)S(C)(=O)=O)cc1C. The second kappa shape index (κ2) is 7.40. The lowest BCUT2D eigenvalue weighted by Crippen LogP contribution is -2.37. The Balaban J connectivity index is 1.92. The first-order valence-corrected chi connectivity index (χ1v) is 10.4. The van der Waals surface area contributed by atoms with Crippen LogP contribution in [-0.2, 0) is 14.8 Å². The number of hydrogen-bond donors (Lipinski definition) is 1. The van der Waals surface area contributed by atoms with Gasteiger partial charge in [0.2, 0.25) is 15.9 Å². The fourth-order valence-electron chi connectivity index (χ4n) is 2.96. The van der Waals surface area contributed by atoms with Crippen molar-refractivity contribution >= 4 is 38.1 Å². The van der Waals surface area contributed by atoms with Crippen LogP contribution in [0.3, 0.4) is 0 Å². The van der Waals surface area contributed by atoms with Crippen molar-refractivity contribution in [2.24, 2.45) is 0 Å². The van der Waals surface area contributed by atoms with E-state index in [2.05, 4.69) is 5.32 Å². The minimum Gasteiger partial charge on any atom is -0.325 e. The van der Waals surface area contributed by atoms with Crippen molar-refractivity contribution < 1.29 is 13.2 Å². The van der Waals surface area contributed by atoms with Crippen LogP contribution in [0.15, 0.2) is 60.7 Å². The number of anilines is 2. The van der Waals surface area contributed by atoms with Gasteiger partial charge < -0.3 is 5.32 Å². The van der Waals surface area contributed by atoms with Crippen LogP contribution in [0.1, 0.15) is 11.1 Å². The molecule has 0 saturated heterocycles. The van der Waals surface area contributed by atoms with Gasteiger partial charge in [-0.1, -0.05) is 42.5 Å². The van der Waals surface area contributed by atoms with E-state index in [4.69, 9.17) is 0 Å². The van der Waals surface area contributed by atoms with Gasteiger partial charge >= 0.3 is 0 Å². The van der Waals surface area contributed by atoms with Crippen LogP contribution in [0.2, 0.25) is 0 Å². The largest absolute Gasteiger partial charge is 0.325 e. The molecule has 0 radical (unpaired) electrons. The number of carbonyl (C=O) groups is 1. The van der Waals surface area contributed by atoms with Gasteiger partial charge in [-0.3, -0.25) is 9.10 Å². The molecule has 0 atom stereocenters. The average molecular weight is 382 g/mol. The molecular formula is C21H22N2O3S. The highest BCUT2D eigenvalue weighted by atomic mass is 32.2. The molecule has 1 N–H and O–H groups in total. The quantitative estimate of drug-likeness (QED) is 0.729. The number of hydrogen-bond acceptors (Lipinski definition) is 3. The van der Waals surface area contributed by atoms with Gasteiger partial charge in [-0.15, -0.1) is 0 Å². The van der Waals surface area contributed by atoms with E-state index in [0.29, 0.717) is 11.4 Å². The fourth-order valence-corrected chi connectivity index (χ4v) is 3.83. The summed E-state index contributed by atoms with van der Waals surface area (Å²) in [5.41, 5.74) is 3.32. The monoisotopic (exact) mass is 382 g/mol. The summed E-state index contributed by atoms with van der Waals surface area (Å²) in [5, 5.41) is 4.48. The Hall–Kier alpha value is -2.86. The van der Waals surface area contributed by atoms with Gasteiger partial charge in [0.1, 0.15) is 6.54 Å². The normalized spacial score (nSPS) is 11.4. The molecule has 3 rings (SSSR count). The molecule has 0 aliphatic rings.